The van der Waals surface area contributed by atoms with E-state index in [2.05, 4.69) is 20.5 Å². The minimum Gasteiger partial charge on any atom is -0.396 e. The summed E-state index contributed by atoms with van der Waals surface area (Å²) in [4.78, 5) is 16.1. The van der Waals surface area contributed by atoms with Gasteiger partial charge in [0.05, 0.1) is 6.61 Å². The number of nitrogens with zero attached hydrogens (tertiary/aromatic N) is 2. The van der Waals surface area contributed by atoms with Gasteiger partial charge in [0.25, 0.3) is 5.91 Å². The summed E-state index contributed by atoms with van der Waals surface area (Å²) in [6.07, 6.45) is 1.62. The van der Waals surface area contributed by atoms with Crippen molar-refractivity contribution in [1.29, 1.82) is 0 Å². The zero-order valence-electron chi connectivity index (χ0n) is 12.2. The van der Waals surface area contributed by atoms with Gasteiger partial charge >= 0.3 is 0 Å². The fraction of sp³-hybridized carbons (Fsp3) is 0.769. The molecule has 1 aromatic rings. The minimum atomic E-state index is -0.303. The third kappa shape index (κ3) is 3.76. The lowest BCUT2D eigenvalue weighted by Crippen LogP contribution is -2.39. The summed E-state index contributed by atoms with van der Waals surface area (Å²) in [6, 6.07) is 0. The molecule has 0 aliphatic carbocycles. The zero-order valence-corrected chi connectivity index (χ0v) is 12.2. The van der Waals surface area contributed by atoms with Crippen molar-refractivity contribution in [3.05, 3.63) is 11.6 Å². The Bertz CT molecular complexity index is 402. The van der Waals surface area contributed by atoms with E-state index in [4.69, 9.17) is 0 Å². The van der Waals surface area contributed by atoms with Crippen molar-refractivity contribution in [2.45, 2.75) is 46.5 Å². The normalized spacial score (nSPS) is 11.9. The minimum absolute atomic E-state index is 0.0610. The van der Waals surface area contributed by atoms with Crippen LogP contribution in [0.15, 0.2) is 0 Å². The van der Waals surface area contributed by atoms with E-state index >= 15 is 0 Å². The average molecular weight is 268 g/mol. The SMILES string of the molecule is CCC(CC)(CO)CNC(=O)c1n[nH]c(C(C)C)n1. The quantitative estimate of drug-likeness (QED) is 0.698. The largest absolute Gasteiger partial charge is 0.396 e. The van der Waals surface area contributed by atoms with Crippen LogP contribution in [0.4, 0.5) is 0 Å². The van der Waals surface area contributed by atoms with Crippen LogP contribution >= 0.6 is 0 Å². The van der Waals surface area contributed by atoms with Gasteiger partial charge in [-0.25, -0.2) is 4.98 Å². The van der Waals surface area contributed by atoms with Crippen LogP contribution in [0.5, 0.6) is 0 Å². The molecule has 0 radical (unpaired) electrons. The molecule has 19 heavy (non-hydrogen) atoms. The molecule has 1 amide bonds. The van der Waals surface area contributed by atoms with Crippen molar-refractivity contribution in [3.8, 4) is 0 Å². The third-order valence-corrected chi connectivity index (χ3v) is 3.71. The number of aromatic amines is 1. The molecule has 0 aliphatic heterocycles. The van der Waals surface area contributed by atoms with E-state index in [1.807, 2.05) is 27.7 Å². The molecule has 0 bridgehead atoms. The van der Waals surface area contributed by atoms with Crippen molar-refractivity contribution in [2.75, 3.05) is 13.2 Å². The predicted octanol–water partition coefficient (Wildman–Crippen LogP) is 1.46. The average Bonchev–Trinajstić information content (AvgIpc) is 2.90. The summed E-state index contributed by atoms with van der Waals surface area (Å²) in [6.45, 7) is 8.47. The molecular formula is C13H24N4O2. The van der Waals surface area contributed by atoms with E-state index in [1.54, 1.807) is 0 Å². The number of amides is 1. The molecule has 0 atom stereocenters. The number of hydrogen-bond donors (Lipinski definition) is 3. The number of carbonyl (C=O) groups is 1. The maximum atomic E-state index is 11.9. The Balaban J connectivity index is 2.64. The topological polar surface area (TPSA) is 90.9 Å². The van der Waals surface area contributed by atoms with Crippen molar-refractivity contribution >= 4 is 5.91 Å². The second-order valence-corrected chi connectivity index (χ2v) is 5.25. The van der Waals surface area contributed by atoms with Crippen LogP contribution in [-0.4, -0.2) is 39.3 Å². The van der Waals surface area contributed by atoms with Crippen LogP contribution in [0.1, 0.15) is 62.9 Å². The van der Waals surface area contributed by atoms with E-state index in [0.29, 0.717) is 12.4 Å². The van der Waals surface area contributed by atoms with Gasteiger partial charge in [-0.05, 0) is 12.8 Å². The van der Waals surface area contributed by atoms with Gasteiger partial charge in [0.2, 0.25) is 5.82 Å². The summed E-state index contributed by atoms with van der Waals surface area (Å²) in [5.41, 5.74) is -0.257. The van der Waals surface area contributed by atoms with Gasteiger partial charge in [-0.2, -0.15) is 0 Å². The Morgan fingerprint density at radius 3 is 2.47 bits per heavy atom. The summed E-state index contributed by atoms with van der Waals surface area (Å²) in [5.74, 6) is 0.757. The van der Waals surface area contributed by atoms with Crippen molar-refractivity contribution in [3.63, 3.8) is 0 Å². The van der Waals surface area contributed by atoms with Crippen molar-refractivity contribution < 1.29 is 9.90 Å². The highest BCUT2D eigenvalue weighted by Crippen LogP contribution is 2.24. The first-order chi connectivity index (χ1) is 8.98. The van der Waals surface area contributed by atoms with E-state index < -0.39 is 0 Å². The van der Waals surface area contributed by atoms with Gasteiger partial charge in [-0.3, -0.25) is 9.89 Å². The molecule has 1 rings (SSSR count). The maximum Gasteiger partial charge on any atom is 0.290 e. The molecule has 6 heteroatoms. The van der Waals surface area contributed by atoms with E-state index in [0.717, 1.165) is 12.8 Å². The van der Waals surface area contributed by atoms with Gasteiger partial charge in [0, 0.05) is 17.9 Å². The van der Waals surface area contributed by atoms with Crippen LogP contribution in [0.2, 0.25) is 0 Å². The first kappa shape index (κ1) is 15.6. The lowest BCUT2D eigenvalue weighted by atomic mass is 9.83. The van der Waals surface area contributed by atoms with Crippen LogP contribution in [0.3, 0.4) is 0 Å². The smallest absolute Gasteiger partial charge is 0.290 e. The van der Waals surface area contributed by atoms with Crippen LogP contribution in [-0.2, 0) is 0 Å². The molecule has 0 saturated heterocycles. The highest BCUT2D eigenvalue weighted by Gasteiger charge is 2.26. The Morgan fingerprint density at radius 2 is 2.05 bits per heavy atom. The Kier molecular flexibility index (Phi) is 5.47. The summed E-state index contributed by atoms with van der Waals surface area (Å²) < 4.78 is 0. The van der Waals surface area contributed by atoms with Crippen LogP contribution in [0, 0.1) is 5.41 Å². The van der Waals surface area contributed by atoms with E-state index in [-0.39, 0.29) is 29.7 Å². The standard InChI is InChI=1S/C13H24N4O2/c1-5-13(6-2,8-18)7-14-12(19)11-15-10(9(3)4)16-17-11/h9,18H,5-8H2,1-4H3,(H,14,19)(H,15,16,17). The number of aliphatic hydroxyl groups excluding tert-OH is 1. The number of aromatic nitrogens is 3. The highest BCUT2D eigenvalue weighted by molar-refractivity contribution is 5.90. The number of nitrogens with one attached hydrogen (secondary N) is 2. The summed E-state index contributed by atoms with van der Waals surface area (Å²) >= 11 is 0. The second-order valence-electron chi connectivity index (χ2n) is 5.25. The Labute approximate surface area is 114 Å². The molecule has 0 aromatic carbocycles. The van der Waals surface area contributed by atoms with Gasteiger partial charge < -0.3 is 10.4 Å². The fourth-order valence-electron chi connectivity index (χ4n) is 1.76. The Morgan fingerprint density at radius 1 is 1.42 bits per heavy atom. The van der Waals surface area contributed by atoms with Gasteiger partial charge in [0.15, 0.2) is 0 Å². The monoisotopic (exact) mass is 268 g/mol. The Hall–Kier alpha value is -1.43. The molecule has 0 aliphatic rings. The second kappa shape index (κ2) is 6.65. The fourth-order valence-corrected chi connectivity index (χ4v) is 1.76. The first-order valence-corrected chi connectivity index (χ1v) is 6.79. The number of carbonyl (C=O) groups excluding carboxylic acids is 1. The molecule has 0 unspecified atom stereocenters. The van der Waals surface area contributed by atoms with E-state index in [9.17, 15) is 9.90 Å². The number of aliphatic hydroxyl groups is 1. The third-order valence-electron chi connectivity index (χ3n) is 3.71. The van der Waals surface area contributed by atoms with Crippen molar-refractivity contribution in [1.82, 2.24) is 20.5 Å². The molecule has 0 fully saturated rings. The molecule has 1 heterocycles. The molecule has 0 saturated carbocycles. The number of hydrogen-bond acceptors (Lipinski definition) is 4. The zero-order chi connectivity index (χ0) is 14.5. The maximum absolute atomic E-state index is 11.9. The van der Waals surface area contributed by atoms with Crippen molar-refractivity contribution in [2.24, 2.45) is 5.41 Å². The lowest BCUT2D eigenvalue weighted by molar-refractivity contribution is 0.0842. The molecule has 0 spiro atoms. The molecule has 6 nitrogen and oxygen atoms in total. The summed E-state index contributed by atoms with van der Waals surface area (Å²) in [5, 5.41) is 18.9. The molecule has 108 valence electrons. The molecular weight excluding hydrogens is 244 g/mol. The first-order valence-electron chi connectivity index (χ1n) is 6.79. The van der Waals surface area contributed by atoms with Crippen LogP contribution < -0.4 is 5.32 Å². The lowest BCUT2D eigenvalue weighted by Gasteiger charge is -2.29. The predicted molar refractivity (Wildman–Crippen MR) is 72.9 cm³/mol. The van der Waals surface area contributed by atoms with E-state index in [1.165, 1.54) is 0 Å². The van der Waals surface area contributed by atoms with Gasteiger partial charge in [-0.1, -0.05) is 27.7 Å². The summed E-state index contributed by atoms with van der Waals surface area (Å²) in [7, 11) is 0. The van der Waals surface area contributed by atoms with Gasteiger partial charge in [-0.15, -0.1) is 5.10 Å². The van der Waals surface area contributed by atoms with Crippen LogP contribution in [0.25, 0.3) is 0 Å². The number of H-pyrrole nitrogens is 1. The number of rotatable bonds is 7. The molecule has 1 aromatic heterocycles. The van der Waals surface area contributed by atoms with Gasteiger partial charge in [0.1, 0.15) is 5.82 Å². The molecule has 3 N–H and O–H groups in total. The highest BCUT2D eigenvalue weighted by atomic mass is 16.3.